The summed E-state index contributed by atoms with van der Waals surface area (Å²) in [5.74, 6) is -1.75. The number of carboxylic acids is 1. The summed E-state index contributed by atoms with van der Waals surface area (Å²) in [5, 5.41) is 15.5. The summed E-state index contributed by atoms with van der Waals surface area (Å²) in [5.41, 5.74) is 2.17. The van der Waals surface area contributed by atoms with Gasteiger partial charge in [-0.25, -0.2) is 14.6 Å². The zero-order valence-electron chi connectivity index (χ0n) is 10.5. The molecule has 2 heterocycles. The molecule has 1 aromatic rings. The second-order valence-electron chi connectivity index (χ2n) is 4.32. The van der Waals surface area contributed by atoms with Gasteiger partial charge in [-0.05, 0) is 6.92 Å². The molecule has 0 bridgehead atoms. The maximum Gasteiger partial charge on any atom is 0.408 e. The fourth-order valence-electron chi connectivity index (χ4n) is 1.80. The molecule has 1 aromatic heterocycles. The lowest BCUT2D eigenvalue weighted by atomic mass is 10.1. The van der Waals surface area contributed by atoms with Gasteiger partial charge in [0.15, 0.2) is 0 Å². The van der Waals surface area contributed by atoms with Crippen molar-refractivity contribution in [3.05, 3.63) is 16.6 Å². The second-order valence-corrected chi connectivity index (χ2v) is 5.03. The number of aliphatic carboxylic acids is 1. The highest BCUT2D eigenvalue weighted by Crippen LogP contribution is 2.09. The third-order valence-corrected chi connectivity index (χ3v) is 3.46. The third kappa shape index (κ3) is 3.23. The standard InChI is InChI=1S/C11H13N3O5S/c1-5-8(14-11(18)19-5)9(15)13-7(10(16)17)2-6-3-20-4-12-6/h3-5,7-8H,2H2,1H3,(H,13,15)(H,14,18)(H,16,17)/t5?,7-,8?/m1/s1. The smallest absolute Gasteiger partial charge is 0.408 e. The number of carbonyl (C=O) groups is 3. The summed E-state index contributed by atoms with van der Waals surface area (Å²) >= 11 is 1.34. The first-order chi connectivity index (χ1) is 9.47. The monoisotopic (exact) mass is 299 g/mol. The van der Waals surface area contributed by atoms with Crippen LogP contribution in [0.5, 0.6) is 0 Å². The first-order valence-electron chi connectivity index (χ1n) is 5.84. The number of cyclic esters (lactones) is 1. The van der Waals surface area contributed by atoms with Crippen molar-refractivity contribution in [3.63, 3.8) is 0 Å². The van der Waals surface area contributed by atoms with Crippen LogP contribution >= 0.6 is 11.3 Å². The summed E-state index contributed by atoms with van der Waals surface area (Å²) in [6.07, 6.45) is -1.25. The third-order valence-electron chi connectivity index (χ3n) is 2.83. The molecular weight excluding hydrogens is 286 g/mol. The Labute approximate surface area is 118 Å². The van der Waals surface area contributed by atoms with Crippen molar-refractivity contribution in [2.45, 2.75) is 31.5 Å². The fourth-order valence-corrected chi connectivity index (χ4v) is 2.37. The molecule has 108 valence electrons. The predicted molar refractivity (Wildman–Crippen MR) is 68.3 cm³/mol. The molecule has 20 heavy (non-hydrogen) atoms. The van der Waals surface area contributed by atoms with Gasteiger partial charge in [-0.1, -0.05) is 0 Å². The van der Waals surface area contributed by atoms with Gasteiger partial charge >= 0.3 is 12.1 Å². The maximum absolute atomic E-state index is 12.0. The molecule has 1 aliphatic rings. The van der Waals surface area contributed by atoms with Gasteiger partial charge in [0.1, 0.15) is 18.2 Å². The molecule has 1 aliphatic heterocycles. The van der Waals surface area contributed by atoms with E-state index in [0.717, 1.165) is 0 Å². The first-order valence-corrected chi connectivity index (χ1v) is 6.79. The Kier molecular flexibility index (Phi) is 4.18. The largest absolute Gasteiger partial charge is 0.480 e. The fraction of sp³-hybridized carbons (Fsp3) is 0.455. The lowest BCUT2D eigenvalue weighted by molar-refractivity contribution is -0.142. The number of aromatic nitrogens is 1. The molecular formula is C11H13N3O5S. The van der Waals surface area contributed by atoms with Crippen LogP contribution < -0.4 is 10.6 Å². The van der Waals surface area contributed by atoms with E-state index in [-0.39, 0.29) is 6.42 Å². The summed E-state index contributed by atoms with van der Waals surface area (Å²) in [6, 6.07) is -1.99. The van der Waals surface area contributed by atoms with Gasteiger partial charge in [-0.3, -0.25) is 4.79 Å². The van der Waals surface area contributed by atoms with E-state index in [1.54, 1.807) is 17.8 Å². The van der Waals surface area contributed by atoms with Crippen molar-refractivity contribution in [2.75, 3.05) is 0 Å². The molecule has 0 saturated carbocycles. The zero-order chi connectivity index (χ0) is 14.7. The van der Waals surface area contributed by atoms with Crippen LogP contribution in [0.1, 0.15) is 12.6 Å². The van der Waals surface area contributed by atoms with E-state index in [1.807, 2.05) is 0 Å². The summed E-state index contributed by atoms with van der Waals surface area (Å²) in [7, 11) is 0. The van der Waals surface area contributed by atoms with Gasteiger partial charge in [0.25, 0.3) is 0 Å². The zero-order valence-corrected chi connectivity index (χ0v) is 11.3. The molecule has 0 aromatic carbocycles. The van der Waals surface area contributed by atoms with E-state index in [2.05, 4.69) is 15.6 Å². The van der Waals surface area contributed by atoms with E-state index in [0.29, 0.717) is 5.69 Å². The molecule has 3 atom stereocenters. The minimum Gasteiger partial charge on any atom is -0.480 e. The Morgan fingerprint density at radius 1 is 1.65 bits per heavy atom. The molecule has 2 rings (SSSR count). The number of thiazole rings is 1. The van der Waals surface area contributed by atoms with Crippen molar-refractivity contribution in [2.24, 2.45) is 0 Å². The maximum atomic E-state index is 12.0. The number of alkyl carbamates (subject to hydrolysis) is 1. The lowest BCUT2D eigenvalue weighted by Gasteiger charge is -2.17. The average Bonchev–Trinajstić information content (AvgIpc) is 2.97. The number of hydrogen-bond donors (Lipinski definition) is 3. The summed E-state index contributed by atoms with van der Waals surface area (Å²) in [6.45, 7) is 1.55. The van der Waals surface area contributed by atoms with E-state index in [9.17, 15) is 14.4 Å². The van der Waals surface area contributed by atoms with Crippen LogP contribution in [0.4, 0.5) is 4.79 Å². The normalized spacial score (nSPS) is 22.8. The van der Waals surface area contributed by atoms with Crippen LogP contribution in [0.3, 0.4) is 0 Å². The highest BCUT2D eigenvalue weighted by molar-refractivity contribution is 7.07. The van der Waals surface area contributed by atoms with Gasteiger partial charge in [0.2, 0.25) is 5.91 Å². The number of nitrogens with zero attached hydrogens (tertiary/aromatic N) is 1. The van der Waals surface area contributed by atoms with E-state index in [4.69, 9.17) is 9.84 Å². The number of ether oxygens (including phenoxy) is 1. The Morgan fingerprint density at radius 2 is 2.40 bits per heavy atom. The second kappa shape index (κ2) is 5.87. The average molecular weight is 299 g/mol. The molecule has 9 heteroatoms. The van der Waals surface area contributed by atoms with Crippen molar-refractivity contribution >= 4 is 29.3 Å². The highest BCUT2D eigenvalue weighted by atomic mass is 32.1. The molecule has 1 fully saturated rings. The van der Waals surface area contributed by atoms with Gasteiger partial charge < -0.3 is 20.5 Å². The van der Waals surface area contributed by atoms with Crippen LogP contribution in [-0.4, -0.2) is 46.2 Å². The Morgan fingerprint density at radius 3 is 2.90 bits per heavy atom. The van der Waals surface area contributed by atoms with Gasteiger partial charge in [-0.15, -0.1) is 11.3 Å². The van der Waals surface area contributed by atoms with E-state index in [1.165, 1.54) is 11.3 Å². The van der Waals surface area contributed by atoms with Gasteiger partial charge in [0, 0.05) is 11.8 Å². The number of nitrogens with one attached hydrogen (secondary N) is 2. The SMILES string of the molecule is CC1OC(=O)NC1C(=O)N[C@H](Cc1cscn1)C(=O)O. The minimum atomic E-state index is -1.16. The van der Waals surface area contributed by atoms with E-state index >= 15 is 0 Å². The van der Waals surface area contributed by atoms with Crippen LogP contribution in [-0.2, 0) is 20.7 Å². The topological polar surface area (TPSA) is 118 Å². The van der Waals surface area contributed by atoms with Crippen LogP contribution in [0.15, 0.2) is 10.9 Å². The lowest BCUT2D eigenvalue weighted by Crippen LogP contribution is -2.52. The van der Waals surface area contributed by atoms with Crippen molar-refractivity contribution < 1.29 is 24.2 Å². The number of carboxylic acid groups (broad SMARTS) is 1. The van der Waals surface area contributed by atoms with Crippen LogP contribution in [0.25, 0.3) is 0 Å². The van der Waals surface area contributed by atoms with Crippen molar-refractivity contribution in [1.29, 1.82) is 0 Å². The molecule has 2 amide bonds. The van der Waals surface area contributed by atoms with Crippen LogP contribution in [0, 0.1) is 0 Å². The molecule has 3 N–H and O–H groups in total. The summed E-state index contributed by atoms with van der Waals surface area (Å²) < 4.78 is 4.77. The Balaban J connectivity index is 1.99. The van der Waals surface area contributed by atoms with Crippen molar-refractivity contribution in [3.8, 4) is 0 Å². The molecule has 0 radical (unpaired) electrons. The number of rotatable bonds is 5. The first kappa shape index (κ1) is 14.3. The van der Waals surface area contributed by atoms with Gasteiger partial charge in [-0.2, -0.15) is 0 Å². The predicted octanol–water partition coefficient (Wildman–Crippen LogP) is -0.248. The summed E-state index contributed by atoms with van der Waals surface area (Å²) in [4.78, 5) is 38.1. The highest BCUT2D eigenvalue weighted by Gasteiger charge is 2.37. The van der Waals surface area contributed by atoms with Crippen molar-refractivity contribution in [1.82, 2.24) is 15.6 Å². The molecule has 8 nitrogen and oxygen atoms in total. The molecule has 2 unspecified atom stereocenters. The molecule has 1 saturated heterocycles. The molecule has 0 aliphatic carbocycles. The number of carbonyl (C=O) groups excluding carboxylic acids is 2. The van der Waals surface area contributed by atoms with Crippen LogP contribution in [0.2, 0.25) is 0 Å². The van der Waals surface area contributed by atoms with Gasteiger partial charge in [0.05, 0.1) is 11.2 Å². The van der Waals surface area contributed by atoms with E-state index < -0.39 is 36.2 Å². The Hall–Kier alpha value is -2.16. The minimum absolute atomic E-state index is 0.0838. The number of amides is 2. The quantitative estimate of drug-likeness (QED) is 0.690. The Bertz CT molecular complexity index is 518. The number of hydrogen-bond acceptors (Lipinski definition) is 6. The molecule has 0 spiro atoms.